The summed E-state index contributed by atoms with van der Waals surface area (Å²) in [5.74, 6) is 0. The highest BCUT2D eigenvalue weighted by atomic mass is 14.9. The summed E-state index contributed by atoms with van der Waals surface area (Å²) in [5.41, 5.74) is 6.81. The molecule has 0 aliphatic carbocycles. The van der Waals surface area contributed by atoms with Crippen LogP contribution in [0.4, 0.5) is 0 Å². The van der Waals surface area contributed by atoms with Crippen molar-refractivity contribution in [2.45, 2.75) is 39.7 Å². The van der Waals surface area contributed by atoms with Crippen LogP contribution in [-0.2, 0) is 12.8 Å². The van der Waals surface area contributed by atoms with Crippen LogP contribution in [0.1, 0.15) is 40.8 Å². The smallest absolute Gasteiger partial charge is 0.0362 e. The van der Waals surface area contributed by atoms with E-state index in [9.17, 15) is 0 Å². The number of pyridine rings is 1. The van der Waals surface area contributed by atoms with Crippen LogP contribution in [0.5, 0.6) is 0 Å². The fraction of sp³-hybridized carbons (Fsp3) is 0.389. The molecule has 0 amide bonds. The van der Waals surface area contributed by atoms with E-state index in [1.165, 1.54) is 27.8 Å². The lowest BCUT2D eigenvalue weighted by Crippen LogP contribution is -2.20. The summed E-state index contributed by atoms with van der Waals surface area (Å²) in [6.07, 6.45) is 5.92. The van der Waals surface area contributed by atoms with Crippen molar-refractivity contribution in [3.05, 3.63) is 64.5 Å². The van der Waals surface area contributed by atoms with Crippen molar-refractivity contribution >= 4 is 0 Å². The van der Waals surface area contributed by atoms with Crippen molar-refractivity contribution in [3.8, 4) is 0 Å². The molecule has 0 saturated carbocycles. The number of hydrogen-bond acceptors (Lipinski definition) is 2. The quantitative estimate of drug-likeness (QED) is 0.893. The summed E-state index contributed by atoms with van der Waals surface area (Å²) in [7, 11) is 2.04. The minimum Gasteiger partial charge on any atom is -0.313 e. The van der Waals surface area contributed by atoms with E-state index >= 15 is 0 Å². The van der Waals surface area contributed by atoms with Crippen LogP contribution in [0, 0.1) is 13.8 Å². The van der Waals surface area contributed by atoms with Gasteiger partial charge >= 0.3 is 0 Å². The van der Waals surface area contributed by atoms with Gasteiger partial charge in [0.05, 0.1) is 0 Å². The Morgan fingerprint density at radius 1 is 1.15 bits per heavy atom. The van der Waals surface area contributed by atoms with Crippen LogP contribution in [0.2, 0.25) is 0 Å². The molecule has 0 saturated heterocycles. The summed E-state index contributed by atoms with van der Waals surface area (Å²) in [6, 6.07) is 9.17. The van der Waals surface area contributed by atoms with Gasteiger partial charge in [-0.05, 0) is 62.1 Å². The first-order chi connectivity index (χ1) is 9.65. The summed E-state index contributed by atoms with van der Waals surface area (Å²) in [4.78, 5) is 4.24. The van der Waals surface area contributed by atoms with Gasteiger partial charge < -0.3 is 5.32 Å². The molecule has 1 unspecified atom stereocenters. The van der Waals surface area contributed by atoms with E-state index in [4.69, 9.17) is 0 Å². The average Bonchev–Trinajstić information content (AvgIpc) is 2.48. The SMILES string of the molecule is CCc1cnccc1C(Cc1cc(C)ccc1C)NC. The maximum atomic E-state index is 4.24. The Morgan fingerprint density at radius 2 is 1.95 bits per heavy atom. The van der Waals surface area contributed by atoms with Crippen LogP contribution in [0.25, 0.3) is 0 Å². The molecule has 1 heterocycles. The second-order valence-electron chi connectivity index (χ2n) is 5.40. The molecule has 2 nitrogen and oxygen atoms in total. The van der Waals surface area contributed by atoms with E-state index in [0.29, 0.717) is 6.04 Å². The van der Waals surface area contributed by atoms with Crippen molar-refractivity contribution in [2.75, 3.05) is 7.05 Å². The van der Waals surface area contributed by atoms with Crippen LogP contribution >= 0.6 is 0 Å². The predicted octanol–water partition coefficient (Wildman–Crippen LogP) is 3.76. The van der Waals surface area contributed by atoms with E-state index in [1.54, 1.807) is 0 Å². The standard InChI is InChI=1S/C18H24N2/c1-5-15-12-20-9-8-17(15)18(19-4)11-16-10-13(2)6-7-14(16)3/h6-10,12,18-19H,5,11H2,1-4H3. The van der Waals surface area contributed by atoms with E-state index in [0.717, 1.165) is 12.8 Å². The maximum absolute atomic E-state index is 4.24. The number of aromatic nitrogens is 1. The molecule has 1 aromatic carbocycles. The number of rotatable bonds is 5. The summed E-state index contributed by atoms with van der Waals surface area (Å²) < 4.78 is 0. The van der Waals surface area contributed by atoms with Crippen LogP contribution in [0.15, 0.2) is 36.7 Å². The minimum atomic E-state index is 0.341. The summed E-state index contributed by atoms with van der Waals surface area (Å²) in [6.45, 7) is 6.53. The lowest BCUT2D eigenvalue weighted by molar-refractivity contribution is 0.584. The Bertz CT molecular complexity index is 575. The highest BCUT2D eigenvalue weighted by molar-refractivity contribution is 5.34. The second kappa shape index (κ2) is 6.67. The van der Waals surface area contributed by atoms with Crippen LogP contribution in [-0.4, -0.2) is 12.0 Å². The van der Waals surface area contributed by atoms with Gasteiger partial charge in [0.2, 0.25) is 0 Å². The first-order valence-electron chi connectivity index (χ1n) is 7.31. The maximum Gasteiger partial charge on any atom is 0.0362 e. The number of benzene rings is 1. The van der Waals surface area contributed by atoms with Gasteiger partial charge in [-0.25, -0.2) is 0 Å². The highest BCUT2D eigenvalue weighted by Gasteiger charge is 2.14. The van der Waals surface area contributed by atoms with Gasteiger partial charge in [-0.2, -0.15) is 0 Å². The van der Waals surface area contributed by atoms with E-state index in [-0.39, 0.29) is 0 Å². The van der Waals surface area contributed by atoms with Gasteiger partial charge in [0.25, 0.3) is 0 Å². The van der Waals surface area contributed by atoms with Gasteiger partial charge in [0.1, 0.15) is 0 Å². The molecule has 0 aliphatic rings. The lowest BCUT2D eigenvalue weighted by Gasteiger charge is -2.20. The Kier molecular flexibility index (Phi) is 4.91. The van der Waals surface area contributed by atoms with Gasteiger partial charge in [-0.1, -0.05) is 30.7 Å². The fourth-order valence-electron chi connectivity index (χ4n) is 2.68. The normalized spacial score (nSPS) is 12.4. The molecule has 0 fully saturated rings. The Morgan fingerprint density at radius 3 is 2.65 bits per heavy atom. The number of nitrogens with one attached hydrogen (secondary N) is 1. The Hall–Kier alpha value is -1.67. The Labute approximate surface area is 122 Å². The summed E-state index contributed by atoms with van der Waals surface area (Å²) in [5, 5.41) is 3.46. The first kappa shape index (κ1) is 14.7. The molecule has 0 aliphatic heterocycles. The molecule has 2 rings (SSSR count). The van der Waals surface area contributed by atoms with E-state index in [2.05, 4.69) is 55.3 Å². The zero-order valence-electron chi connectivity index (χ0n) is 12.9. The number of hydrogen-bond donors (Lipinski definition) is 1. The molecule has 1 atom stereocenters. The van der Waals surface area contributed by atoms with Gasteiger partial charge in [-0.3, -0.25) is 4.98 Å². The molecule has 2 heteroatoms. The molecule has 0 bridgehead atoms. The number of nitrogens with zero attached hydrogens (tertiary/aromatic N) is 1. The molecule has 1 N–H and O–H groups in total. The molecule has 1 aromatic heterocycles. The van der Waals surface area contributed by atoms with Crippen molar-refractivity contribution in [2.24, 2.45) is 0 Å². The van der Waals surface area contributed by atoms with Crippen molar-refractivity contribution in [1.29, 1.82) is 0 Å². The third-order valence-electron chi connectivity index (χ3n) is 3.97. The third kappa shape index (κ3) is 3.26. The van der Waals surface area contributed by atoms with Gasteiger partial charge in [-0.15, -0.1) is 0 Å². The molecule has 20 heavy (non-hydrogen) atoms. The van der Waals surface area contributed by atoms with Crippen molar-refractivity contribution < 1.29 is 0 Å². The zero-order chi connectivity index (χ0) is 14.5. The third-order valence-corrected chi connectivity index (χ3v) is 3.97. The van der Waals surface area contributed by atoms with Crippen LogP contribution in [0.3, 0.4) is 0 Å². The zero-order valence-corrected chi connectivity index (χ0v) is 12.9. The molecule has 0 radical (unpaired) electrons. The van der Waals surface area contributed by atoms with E-state index in [1.807, 2.05) is 19.4 Å². The summed E-state index contributed by atoms with van der Waals surface area (Å²) >= 11 is 0. The van der Waals surface area contributed by atoms with Crippen molar-refractivity contribution in [3.63, 3.8) is 0 Å². The number of likely N-dealkylation sites (N-methyl/N-ethyl adjacent to an activating group) is 1. The molecule has 2 aromatic rings. The largest absolute Gasteiger partial charge is 0.313 e. The monoisotopic (exact) mass is 268 g/mol. The first-order valence-corrected chi connectivity index (χ1v) is 7.31. The molecule has 0 spiro atoms. The topological polar surface area (TPSA) is 24.9 Å². The van der Waals surface area contributed by atoms with Gasteiger partial charge in [0, 0.05) is 18.4 Å². The second-order valence-corrected chi connectivity index (χ2v) is 5.40. The van der Waals surface area contributed by atoms with Gasteiger partial charge in [0.15, 0.2) is 0 Å². The van der Waals surface area contributed by atoms with Crippen LogP contribution < -0.4 is 5.32 Å². The highest BCUT2D eigenvalue weighted by Crippen LogP contribution is 2.23. The molecular weight excluding hydrogens is 244 g/mol. The molecular formula is C18H24N2. The minimum absolute atomic E-state index is 0.341. The van der Waals surface area contributed by atoms with E-state index < -0.39 is 0 Å². The Balaban J connectivity index is 2.31. The molecule has 106 valence electrons. The lowest BCUT2D eigenvalue weighted by atomic mass is 9.92. The average molecular weight is 268 g/mol. The fourth-order valence-corrected chi connectivity index (χ4v) is 2.68. The van der Waals surface area contributed by atoms with Crippen molar-refractivity contribution in [1.82, 2.24) is 10.3 Å². The predicted molar refractivity (Wildman–Crippen MR) is 85.0 cm³/mol. The number of aryl methyl sites for hydroxylation is 3.